The number of amides is 5. The van der Waals surface area contributed by atoms with Gasteiger partial charge in [0, 0.05) is 6.42 Å². The highest BCUT2D eigenvalue weighted by Gasteiger charge is 2.34. The standard InChI is InChI=1S/C34H55N7O8/c1-20(2)17-25(32(46)41-28(21(3)4)34(48)49)38-31(45)26(18-22-11-6-5-7-12-22)39-33(47)27(19-42)40-30(44)24(13-8-9-15-35)37-29(43)23-14-10-16-36-23/h5-7,11-12,20-21,23-28,36,42H,8-10,13-19,35H2,1-4H3,(H,37,43)(H,38,45)(H,39,47)(H,40,44)(H,41,46)(H,48,49)/t23-,24-,25-,26-,27-,28-/m0/s1. The lowest BCUT2D eigenvalue weighted by Gasteiger charge is -2.27. The third kappa shape index (κ3) is 14.1. The zero-order chi connectivity index (χ0) is 36.5. The normalized spacial score (nSPS) is 17.3. The Bertz CT molecular complexity index is 1240. The summed E-state index contributed by atoms with van der Waals surface area (Å²) in [6.07, 6.45) is 3.08. The second kappa shape index (κ2) is 21.1. The van der Waals surface area contributed by atoms with Gasteiger partial charge in [-0.25, -0.2) is 4.79 Å². The monoisotopic (exact) mass is 689 g/mol. The van der Waals surface area contributed by atoms with Crippen LogP contribution in [0.25, 0.3) is 0 Å². The fourth-order valence-corrected chi connectivity index (χ4v) is 5.48. The molecule has 0 aromatic heterocycles. The second-order valence-electron chi connectivity index (χ2n) is 13.2. The van der Waals surface area contributed by atoms with E-state index in [4.69, 9.17) is 5.73 Å². The number of aliphatic hydroxyl groups is 1. The molecule has 5 amide bonds. The zero-order valence-corrected chi connectivity index (χ0v) is 29.0. The van der Waals surface area contributed by atoms with Crippen molar-refractivity contribution in [2.75, 3.05) is 19.7 Å². The molecular weight excluding hydrogens is 634 g/mol. The van der Waals surface area contributed by atoms with Crippen molar-refractivity contribution in [1.29, 1.82) is 0 Å². The van der Waals surface area contributed by atoms with E-state index in [0.717, 1.165) is 6.42 Å². The molecule has 1 fully saturated rings. The maximum absolute atomic E-state index is 13.7. The first-order valence-electron chi connectivity index (χ1n) is 17.1. The summed E-state index contributed by atoms with van der Waals surface area (Å²) in [7, 11) is 0. The van der Waals surface area contributed by atoms with Crippen molar-refractivity contribution in [3.8, 4) is 0 Å². The summed E-state index contributed by atoms with van der Waals surface area (Å²) >= 11 is 0. The van der Waals surface area contributed by atoms with E-state index in [1.165, 1.54) is 0 Å². The lowest BCUT2D eigenvalue weighted by atomic mass is 9.99. The minimum Gasteiger partial charge on any atom is -0.480 e. The molecule has 274 valence electrons. The molecule has 15 heteroatoms. The number of aliphatic hydroxyl groups excluding tert-OH is 1. The average Bonchev–Trinajstić information content (AvgIpc) is 3.60. The number of hydrogen-bond acceptors (Lipinski definition) is 9. The van der Waals surface area contributed by atoms with Gasteiger partial charge in [0.15, 0.2) is 0 Å². The summed E-state index contributed by atoms with van der Waals surface area (Å²) < 4.78 is 0. The third-order valence-electron chi connectivity index (χ3n) is 8.26. The Balaban J connectivity index is 2.25. The van der Waals surface area contributed by atoms with Crippen LogP contribution in [0.4, 0.5) is 0 Å². The van der Waals surface area contributed by atoms with Gasteiger partial charge in [-0.1, -0.05) is 58.0 Å². The molecule has 1 saturated heterocycles. The van der Waals surface area contributed by atoms with Crippen LogP contribution in [0, 0.1) is 11.8 Å². The summed E-state index contributed by atoms with van der Waals surface area (Å²) in [5, 5.41) is 35.8. The highest BCUT2D eigenvalue weighted by atomic mass is 16.4. The summed E-state index contributed by atoms with van der Waals surface area (Å²) in [4.78, 5) is 78.3. The summed E-state index contributed by atoms with van der Waals surface area (Å²) in [6.45, 7) is 7.29. The molecule has 0 aliphatic carbocycles. The molecule has 0 bridgehead atoms. The molecule has 0 radical (unpaired) electrons. The minimum absolute atomic E-state index is 0.0103. The molecule has 1 aromatic rings. The number of carbonyl (C=O) groups is 6. The van der Waals surface area contributed by atoms with Gasteiger partial charge in [-0.05, 0) is 69.0 Å². The molecule has 1 aromatic carbocycles. The molecule has 1 aliphatic rings. The SMILES string of the molecule is CC(C)C[C@H](NC(=O)[C@H](Cc1ccccc1)NC(=O)[C@H](CO)NC(=O)[C@H](CCCCN)NC(=O)[C@@H]1CCCN1)C(=O)N[C@H](C(=O)O)C(C)C. The van der Waals surface area contributed by atoms with E-state index < -0.39 is 78.4 Å². The van der Waals surface area contributed by atoms with Crippen LogP contribution in [0.1, 0.15) is 71.8 Å². The summed E-state index contributed by atoms with van der Waals surface area (Å²) in [6, 6.07) is 2.42. The maximum atomic E-state index is 13.7. The molecule has 15 nitrogen and oxygen atoms in total. The Labute approximate surface area is 288 Å². The molecule has 0 unspecified atom stereocenters. The number of benzene rings is 1. The van der Waals surface area contributed by atoms with Crippen LogP contribution >= 0.6 is 0 Å². The van der Waals surface area contributed by atoms with Crippen LogP contribution in [0.5, 0.6) is 0 Å². The number of nitrogens with two attached hydrogens (primary N) is 1. The van der Waals surface area contributed by atoms with E-state index >= 15 is 0 Å². The maximum Gasteiger partial charge on any atom is 0.326 e. The molecule has 1 aliphatic heterocycles. The van der Waals surface area contributed by atoms with Gasteiger partial charge in [-0.15, -0.1) is 0 Å². The highest BCUT2D eigenvalue weighted by molar-refractivity contribution is 5.96. The Morgan fingerprint density at radius 2 is 1.41 bits per heavy atom. The van der Waals surface area contributed by atoms with Gasteiger partial charge in [0.1, 0.15) is 30.2 Å². The summed E-state index contributed by atoms with van der Waals surface area (Å²) in [5.74, 6) is -4.94. The molecule has 49 heavy (non-hydrogen) atoms. The number of carboxylic acids is 1. The van der Waals surface area contributed by atoms with Crippen molar-refractivity contribution in [3.05, 3.63) is 35.9 Å². The van der Waals surface area contributed by atoms with Gasteiger partial charge in [-0.2, -0.15) is 0 Å². The lowest BCUT2D eigenvalue weighted by molar-refractivity contribution is -0.143. The highest BCUT2D eigenvalue weighted by Crippen LogP contribution is 2.11. The molecule has 10 N–H and O–H groups in total. The predicted octanol–water partition coefficient (Wildman–Crippen LogP) is -0.687. The Morgan fingerprint density at radius 3 is 1.96 bits per heavy atom. The smallest absolute Gasteiger partial charge is 0.326 e. The van der Waals surface area contributed by atoms with Gasteiger partial charge in [0.25, 0.3) is 0 Å². The zero-order valence-electron chi connectivity index (χ0n) is 29.0. The van der Waals surface area contributed by atoms with E-state index in [1.807, 2.05) is 13.8 Å². The van der Waals surface area contributed by atoms with Crippen molar-refractivity contribution in [2.24, 2.45) is 17.6 Å². The molecule has 1 heterocycles. The Kier molecular flexibility index (Phi) is 17.7. The predicted molar refractivity (Wildman–Crippen MR) is 183 cm³/mol. The summed E-state index contributed by atoms with van der Waals surface area (Å²) in [5.41, 5.74) is 6.30. The first-order chi connectivity index (χ1) is 23.3. The largest absolute Gasteiger partial charge is 0.480 e. The fraction of sp³-hybridized carbons (Fsp3) is 0.647. The first kappa shape index (κ1) is 41.1. The number of nitrogens with one attached hydrogen (secondary N) is 6. The third-order valence-corrected chi connectivity index (χ3v) is 8.26. The van der Waals surface area contributed by atoms with Crippen LogP contribution in [0.15, 0.2) is 30.3 Å². The van der Waals surface area contributed by atoms with Crippen LogP contribution in [0.2, 0.25) is 0 Å². The van der Waals surface area contributed by atoms with Crippen LogP contribution in [-0.2, 0) is 35.2 Å². The van der Waals surface area contributed by atoms with Gasteiger partial charge < -0.3 is 47.8 Å². The molecular formula is C34H55N7O8. The van der Waals surface area contributed by atoms with Crippen LogP contribution in [-0.4, -0.2) is 102 Å². The van der Waals surface area contributed by atoms with Crippen molar-refractivity contribution in [3.63, 3.8) is 0 Å². The first-order valence-corrected chi connectivity index (χ1v) is 17.1. The lowest BCUT2D eigenvalue weighted by Crippen LogP contribution is -2.60. The van der Waals surface area contributed by atoms with Gasteiger partial charge in [-0.3, -0.25) is 24.0 Å². The van der Waals surface area contributed by atoms with E-state index in [-0.39, 0.29) is 31.1 Å². The molecule has 0 spiro atoms. The number of aliphatic carboxylic acids is 1. The number of hydrogen-bond donors (Lipinski definition) is 9. The van der Waals surface area contributed by atoms with Crippen molar-refractivity contribution < 1.29 is 39.0 Å². The Hall–Kier alpha value is -4.08. The minimum atomic E-state index is -1.46. The van der Waals surface area contributed by atoms with E-state index in [2.05, 4.69) is 31.9 Å². The fourth-order valence-electron chi connectivity index (χ4n) is 5.48. The van der Waals surface area contributed by atoms with Gasteiger partial charge in [0.05, 0.1) is 12.6 Å². The number of unbranched alkanes of at least 4 members (excludes halogenated alkanes) is 1. The van der Waals surface area contributed by atoms with Gasteiger partial charge >= 0.3 is 5.97 Å². The van der Waals surface area contributed by atoms with Crippen molar-refractivity contribution in [2.45, 2.75) is 109 Å². The number of carboxylic acid groups (broad SMARTS) is 1. The van der Waals surface area contributed by atoms with E-state index in [9.17, 15) is 39.0 Å². The van der Waals surface area contributed by atoms with Crippen molar-refractivity contribution in [1.82, 2.24) is 31.9 Å². The van der Waals surface area contributed by atoms with Crippen LogP contribution in [0.3, 0.4) is 0 Å². The number of rotatable bonds is 21. The quantitative estimate of drug-likeness (QED) is 0.0737. The Morgan fingerprint density at radius 1 is 0.816 bits per heavy atom. The van der Waals surface area contributed by atoms with Gasteiger partial charge in [0.2, 0.25) is 29.5 Å². The molecule has 0 saturated carbocycles. The molecule has 2 rings (SSSR count). The van der Waals surface area contributed by atoms with Crippen LogP contribution < -0.4 is 37.6 Å². The molecule has 6 atom stereocenters. The topological polar surface area (TPSA) is 241 Å². The van der Waals surface area contributed by atoms with Crippen molar-refractivity contribution >= 4 is 35.5 Å². The van der Waals surface area contributed by atoms with E-state index in [1.54, 1.807) is 44.2 Å². The second-order valence-corrected chi connectivity index (χ2v) is 13.2. The average molecular weight is 690 g/mol. The van der Waals surface area contributed by atoms with E-state index in [0.29, 0.717) is 37.9 Å². The number of carbonyl (C=O) groups excluding carboxylic acids is 5.